The summed E-state index contributed by atoms with van der Waals surface area (Å²) in [5.41, 5.74) is 2.90. The van der Waals surface area contributed by atoms with E-state index in [0.29, 0.717) is 0 Å². The van der Waals surface area contributed by atoms with Crippen molar-refractivity contribution in [2.75, 3.05) is 20.1 Å². The molecule has 0 amide bonds. The SMILES string of the molecule is CN1CC=C(c2cncc(B3OC(C)(C)C(C)(C)O3)c2)CC1. The van der Waals surface area contributed by atoms with E-state index in [1.807, 2.05) is 12.4 Å². The molecule has 5 heteroatoms. The van der Waals surface area contributed by atoms with Gasteiger partial charge in [0.1, 0.15) is 0 Å². The lowest BCUT2D eigenvalue weighted by molar-refractivity contribution is 0.00578. The second-order valence-corrected chi connectivity index (χ2v) is 7.34. The zero-order valence-corrected chi connectivity index (χ0v) is 14.2. The highest BCUT2D eigenvalue weighted by atomic mass is 16.7. The number of rotatable bonds is 2. The van der Waals surface area contributed by atoms with E-state index in [-0.39, 0.29) is 18.3 Å². The van der Waals surface area contributed by atoms with Crippen molar-refractivity contribution in [1.82, 2.24) is 9.88 Å². The van der Waals surface area contributed by atoms with E-state index < -0.39 is 0 Å². The molecule has 1 fully saturated rings. The number of pyridine rings is 1. The maximum Gasteiger partial charge on any atom is 0.496 e. The third kappa shape index (κ3) is 2.85. The van der Waals surface area contributed by atoms with E-state index in [1.165, 1.54) is 11.1 Å². The number of hydrogen-bond acceptors (Lipinski definition) is 4. The summed E-state index contributed by atoms with van der Waals surface area (Å²) in [6, 6.07) is 2.16. The van der Waals surface area contributed by atoms with Crippen molar-refractivity contribution in [3.05, 3.63) is 30.1 Å². The Morgan fingerprint density at radius 2 is 1.82 bits per heavy atom. The number of hydrogen-bond donors (Lipinski definition) is 0. The van der Waals surface area contributed by atoms with Gasteiger partial charge in [-0.15, -0.1) is 0 Å². The summed E-state index contributed by atoms with van der Waals surface area (Å²) in [6.45, 7) is 10.4. The van der Waals surface area contributed by atoms with Gasteiger partial charge in [-0.3, -0.25) is 4.98 Å². The van der Waals surface area contributed by atoms with Gasteiger partial charge < -0.3 is 14.2 Å². The Labute approximate surface area is 133 Å². The molecule has 2 aliphatic rings. The topological polar surface area (TPSA) is 34.6 Å². The van der Waals surface area contributed by atoms with Crippen LogP contribution in [0.1, 0.15) is 39.7 Å². The molecule has 0 saturated carbocycles. The molecule has 0 bridgehead atoms. The van der Waals surface area contributed by atoms with Gasteiger partial charge in [-0.2, -0.15) is 0 Å². The molecule has 2 aliphatic heterocycles. The average Bonchev–Trinajstić information content (AvgIpc) is 2.68. The third-order valence-corrected chi connectivity index (χ3v) is 5.07. The molecule has 4 nitrogen and oxygen atoms in total. The van der Waals surface area contributed by atoms with Gasteiger partial charge in [-0.05, 0) is 52.3 Å². The minimum absolute atomic E-state index is 0.319. The molecular weight excluding hydrogens is 275 g/mol. The van der Waals surface area contributed by atoms with Crippen LogP contribution in [-0.4, -0.2) is 48.3 Å². The molecule has 1 aromatic rings. The van der Waals surface area contributed by atoms with Gasteiger partial charge in [0.15, 0.2) is 0 Å². The Bertz CT molecular complexity index is 582. The molecule has 0 spiro atoms. The molecule has 0 N–H and O–H groups in total. The molecule has 22 heavy (non-hydrogen) atoms. The normalized spacial score (nSPS) is 24.4. The lowest BCUT2D eigenvalue weighted by Gasteiger charge is -2.32. The summed E-state index contributed by atoms with van der Waals surface area (Å²) in [6.07, 6.45) is 7.13. The van der Waals surface area contributed by atoms with Gasteiger partial charge in [-0.1, -0.05) is 12.1 Å². The number of likely N-dealkylation sites (N-methyl/N-ethyl adjacent to an activating group) is 1. The maximum atomic E-state index is 6.12. The first-order valence-corrected chi connectivity index (χ1v) is 7.97. The van der Waals surface area contributed by atoms with Gasteiger partial charge >= 0.3 is 7.12 Å². The largest absolute Gasteiger partial charge is 0.496 e. The number of aromatic nitrogens is 1. The van der Waals surface area contributed by atoms with Crippen LogP contribution >= 0.6 is 0 Å². The average molecular weight is 300 g/mol. The highest BCUT2D eigenvalue weighted by Crippen LogP contribution is 2.36. The maximum absolute atomic E-state index is 6.12. The first-order valence-electron chi connectivity index (χ1n) is 7.97. The zero-order chi connectivity index (χ0) is 16.0. The van der Waals surface area contributed by atoms with E-state index in [4.69, 9.17) is 9.31 Å². The quantitative estimate of drug-likeness (QED) is 0.784. The van der Waals surface area contributed by atoms with E-state index in [2.05, 4.69) is 56.8 Å². The predicted octanol–water partition coefficient (Wildman–Crippen LogP) is 2.10. The Kier molecular flexibility index (Phi) is 3.92. The van der Waals surface area contributed by atoms with Gasteiger partial charge in [-0.25, -0.2) is 0 Å². The molecule has 0 aromatic carbocycles. The van der Waals surface area contributed by atoms with E-state index in [1.54, 1.807) is 0 Å². The summed E-state index contributed by atoms with van der Waals surface area (Å²) in [5, 5.41) is 0. The molecule has 118 valence electrons. The summed E-state index contributed by atoms with van der Waals surface area (Å²) < 4.78 is 12.2. The van der Waals surface area contributed by atoms with E-state index in [9.17, 15) is 0 Å². The standard InChI is InChI=1S/C17H25BN2O2/c1-16(2)17(3,4)22-18(21-16)15-10-14(11-19-12-15)13-6-8-20(5)9-7-13/h6,10-12H,7-9H2,1-5H3. The summed E-state index contributed by atoms with van der Waals surface area (Å²) >= 11 is 0. The van der Waals surface area contributed by atoms with Gasteiger partial charge in [0.25, 0.3) is 0 Å². The summed E-state index contributed by atoms with van der Waals surface area (Å²) in [5.74, 6) is 0. The first kappa shape index (κ1) is 15.7. The van der Waals surface area contributed by atoms with Crippen LogP contribution in [0, 0.1) is 0 Å². The lowest BCUT2D eigenvalue weighted by atomic mass is 9.79. The third-order valence-electron chi connectivity index (χ3n) is 5.07. The predicted molar refractivity (Wildman–Crippen MR) is 90.0 cm³/mol. The minimum Gasteiger partial charge on any atom is -0.399 e. The van der Waals surface area contributed by atoms with Crippen LogP contribution in [0.5, 0.6) is 0 Å². The fraction of sp³-hybridized carbons (Fsp3) is 0.588. The molecule has 1 aromatic heterocycles. The summed E-state index contributed by atoms with van der Waals surface area (Å²) in [7, 11) is 1.80. The van der Waals surface area contributed by atoms with E-state index in [0.717, 1.165) is 25.0 Å². The van der Waals surface area contributed by atoms with Crippen molar-refractivity contribution in [1.29, 1.82) is 0 Å². The second kappa shape index (κ2) is 5.48. The highest BCUT2D eigenvalue weighted by Gasteiger charge is 2.51. The van der Waals surface area contributed by atoms with Crippen molar-refractivity contribution in [3.63, 3.8) is 0 Å². The first-order chi connectivity index (χ1) is 10.3. The molecule has 0 unspecified atom stereocenters. The smallest absolute Gasteiger partial charge is 0.399 e. The van der Waals surface area contributed by atoms with Crippen molar-refractivity contribution in [2.45, 2.75) is 45.3 Å². The Balaban J connectivity index is 1.84. The lowest BCUT2D eigenvalue weighted by Crippen LogP contribution is -2.41. The van der Waals surface area contributed by atoms with Crippen molar-refractivity contribution in [2.24, 2.45) is 0 Å². The van der Waals surface area contributed by atoms with Crippen molar-refractivity contribution in [3.8, 4) is 0 Å². The van der Waals surface area contributed by atoms with Gasteiger partial charge in [0, 0.05) is 30.9 Å². The van der Waals surface area contributed by atoms with Crippen LogP contribution in [-0.2, 0) is 9.31 Å². The molecule has 0 radical (unpaired) electrons. The number of nitrogens with zero attached hydrogens (tertiary/aromatic N) is 2. The summed E-state index contributed by atoms with van der Waals surface area (Å²) in [4.78, 5) is 6.72. The van der Waals surface area contributed by atoms with Crippen molar-refractivity contribution < 1.29 is 9.31 Å². The van der Waals surface area contributed by atoms with Crippen LogP contribution in [0.25, 0.3) is 5.57 Å². The van der Waals surface area contributed by atoms with Gasteiger partial charge in [0.05, 0.1) is 11.2 Å². The Morgan fingerprint density at radius 1 is 1.14 bits per heavy atom. The van der Waals surface area contributed by atoms with Crippen LogP contribution in [0.2, 0.25) is 0 Å². The Hall–Kier alpha value is -1.17. The van der Waals surface area contributed by atoms with E-state index >= 15 is 0 Å². The molecule has 3 heterocycles. The Morgan fingerprint density at radius 3 is 2.41 bits per heavy atom. The fourth-order valence-electron chi connectivity index (χ4n) is 2.77. The van der Waals surface area contributed by atoms with Crippen LogP contribution in [0.3, 0.4) is 0 Å². The minimum atomic E-state index is -0.343. The molecule has 3 rings (SSSR count). The highest BCUT2D eigenvalue weighted by molar-refractivity contribution is 6.62. The van der Waals surface area contributed by atoms with Gasteiger partial charge in [0.2, 0.25) is 0 Å². The second-order valence-electron chi connectivity index (χ2n) is 7.34. The zero-order valence-electron chi connectivity index (χ0n) is 14.2. The van der Waals surface area contributed by atoms with Crippen molar-refractivity contribution >= 4 is 18.2 Å². The fourth-order valence-corrected chi connectivity index (χ4v) is 2.77. The molecular formula is C17H25BN2O2. The van der Waals surface area contributed by atoms with Crippen LogP contribution in [0.15, 0.2) is 24.5 Å². The van der Waals surface area contributed by atoms with Crippen LogP contribution in [0.4, 0.5) is 0 Å². The monoisotopic (exact) mass is 300 g/mol. The molecule has 0 aliphatic carbocycles. The van der Waals surface area contributed by atoms with Crippen LogP contribution < -0.4 is 5.46 Å². The molecule has 0 atom stereocenters. The molecule has 1 saturated heterocycles.